The van der Waals surface area contributed by atoms with Crippen LogP contribution in [0.25, 0.3) is 0 Å². The number of ether oxygens (including phenoxy) is 1. The maximum absolute atomic E-state index is 5.40. The van der Waals surface area contributed by atoms with Crippen LogP contribution in [0, 0.1) is 12.8 Å². The van der Waals surface area contributed by atoms with Crippen molar-refractivity contribution in [2.24, 2.45) is 10.9 Å². The molecule has 0 aromatic heterocycles. The molecule has 0 radical (unpaired) electrons. The Kier molecular flexibility index (Phi) is 10.2. The zero-order valence-corrected chi connectivity index (χ0v) is 18.3. The fourth-order valence-corrected chi connectivity index (χ4v) is 3.08. The van der Waals surface area contributed by atoms with E-state index in [9.17, 15) is 0 Å². The molecule has 1 unspecified atom stereocenters. The number of halogens is 1. The van der Waals surface area contributed by atoms with E-state index in [4.69, 9.17) is 9.73 Å². The average Bonchev–Trinajstić information content (AvgIpc) is 2.99. The lowest BCUT2D eigenvalue weighted by molar-refractivity contribution is 0.397. The summed E-state index contributed by atoms with van der Waals surface area (Å²) in [4.78, 5) is 7.13. The van der Waals surface area contributed by atoms with E-state index in [0.29, 0.717) is 5.92 Å². The van der Waals surface area contributed by atoms with Gasteiger partial charge in [-0.05, 0) is 63.4 Å². The minimum atomic E-state index is 0. The van der Waals surface area contributed by atoms with Crippen LogP contribution in [0.5, 0.6) is 5.75 Å². The highest BCUT2D eigenvalue weighted by molar-refractivity contribution is 14.0. The molecule has 0 bridgehead atoms. The number of hydrogen-bond acceptors (Lipinski definition) is 3. The van der Waals surface area contributed by atoms with Gasteiger partial charge in [-0.3, -0.25) is 4.99 Å². The minimum Gasteiger partial charge on any atom is -0.496 e. The molecule has 0 saturated carbocycles. The first kappa shape index (κ1) is 22.0. The standard InChI is InChI=1S/C19H32N4O.HI/c1-5-20-19(22-13-17-9-11-23(3)14-17)21-10-8-16-7-6-15(2)18(12-16)24-4;/h6-7,12,17H,5,8-11,13-14H2,1-4H3,(H2,20,21,22);1H. The zero-order chi connectivity index (χ0) is 17.4. The van der Waals surface area contributed by atoms with Gasteiger partial charge in [0.15, 0.2) is 5.96 Å². The maximum atomic E-state index is 5.40. The lowest BCUT2D eigenvalue weighted by Crippen LogP contribution is -2.38. The third kappa shape index (κ3) is 7.40. The predicted octanol–water partition coefficient (Wildman–Crippen LogP) is 2.67. The van der Waals surface area contributed by atoms with E-state index in [1.807, 2.05) is 0 Å². The van der Waals surface area contributed by atoms with Crippen molar-refractivity contribution in [2.75, 3.05) is 46.9 Å². The number of nitrogens with zero attached hydrogens (tertiary/aromatic N) is 2. The molecule has 1 aliphatic heterocycles. The van der Waals surface area contributed by atoms with Crippen LogP contribution in [-0.2, 0) is 6.42 Å². The number of aryl methyl sites for hydroxylation is 1. The van der Waals surface area contributed by atoms with Crippen LogP contribution in [0.2, 0.25) is 0 Å². The predicted molar refractivity (Wildman–Crippen MR) is 116 cm³/mol. The summed E-state index contributed by atoms with van der Waals surface area (Å²) in [5, 5.41) is 6.78. The van der Waals surface area contributed by atoms with Crippen molar-refractivity contribution in [3.05, 3.63) is 29.3 Å². The molecular formula is C19H33IN4O. The number of guanidine groups is 1. The highest BCUT2D eigenvalue weighted by atomic mass is 127. The number of aliphatic imine (C=N–C) groups is 1. The van der Waals surface area contributed by atoms with Gasteiger partial charge in [0.2, 0.25) is 0 Å². The maximum Gasteiger partial charge on any atom is 0.191 e. The quantitative estimate of drug-likeness (QED) is 0.373. The fourth-order valence-electron chi connectivity index (χ4n) is 3.08. The summed E-state index contributed by atoms with van der Waals surface area (Å²) in [6.45, 7) is 9.17. The fraction of sp³-hybridized carbons (Fsp3) is 0.632. The molecule has 25 heavy (non-hydrogen) atoms. The molecule has 6 heteroatoms. The highest BCUT2D eigenvalue weighted by Crippen LogP contribution is 2.19. The van der Waals surface area contributed by atoms with Crippen LogP contribution in [0.4, 0.5) is 0 Å². The molecule has 2 rings (SSSR count). The van der Waals surface area contributed by atoms with Gasteiger partial charge in [-0.2, -0.15) is 0 Å². The third-order valence-corrected chi connectivity index (χ3v) is 4.52. The molecule has 1 heterocycles. The Bertz CT molecular complexity index is 550. The molecule has 1 atom stereocenters. The Balaban J connectivity index is 0.00000312. The Morgan fingerprint density at radius 3 is 2.80 bits per heavy atom. The topological polar surface area (TPSA) is 48.9 Å². The van der Waals surface area contributed by atoms with E-state index in [1.54, 1.807) is 7.11 Å². The van der Waals surface area contributed by atoms with Crippen molar-refractivity contribution < 1.29 is 4.74 Å². The first-order valence-corrected chi connectivity index (χ1v) is 8.96. The number of rotatable bonds is 7. The number of benzene rings is 1. The SMILES string of the molecule is CCNC(=NCC1CCN(C)C1)NCCc1ccc(C)c(OC)c1.I. The van der Waals surface area contributed by atoms with Gasteiger partial charge in [-0.15, -0.1) is 24.0 Å². The van der Waals surface area contributed by atoms with Crippen LogP contribution in [-0.4, -0.2) is 57.7 Å². The van der Waals surface area contributed by atoms with E-state index in [1.165, 1.54) is 24.1 Å². The van der Waals surface area contributed by atoms with Crippen LogP contribution >= 0.6 is 24.0 Å². The third-order valence-electron chi connectivity index (χ3n) is 4.52. The zero-order valence-electron chi connectivity index (χ0n) is 16.0. The minimum absolute atomic E-state index is 0. The highest BCUT2D eigenvalue weighted by Gasteiger charge is 2.18. The van der Waals surface area contributed by atoms with Gasteiger partial charge in [0.05, 0.1) is 7.11 Å². The second kappa shape index (κ2) is 11.6. The van der Waals surface area contributed by atoms with Crippen molar-refractivity contribution >= 4 is 29.9 Å². The molecule has 0 spiro atoms. The molecule has 1 fully saturated rings. The Hall–Kier alpha value is -1.02. The molecule has 1 saturated heterocycles. The van der Waals surface area contributed by atoms with Gasteiger partial charge in [0.1, 0.15) is 5.75 Å². The van der Waals surface area contributed by atoms with Gasteiger partial charge >= 0.3 is 0 Å². The number of nitrogens with one attached hydrogen (secondary N) is 2. The summed E-state index contributed by atoms with van der Waals surface area (Å²) in [7, 11) is 3.91. The monoisotopic (exact) mass is 460 g/mol. The number of methoxy groups -OCH3 is 1. The van der Waals surface area contributed by atoms with Gasteiger partial charge < -0.3 is 20.3 Å². The summed E-state index contributed by atoms with van der Waals surface area (Å²) in [6, 6.07) is 6.40. The van der Waals surface area contributed by atoms with E-state index in [0.717, 1.165) is 44.3 Å². The molecular weight excluding hydrogens is 427 g/mol. The van der Waals surface area contributed by atoms with Gasteiger partial charge in [-0.1, -0.05) is 12.1 Å². The summed E-state index contributed by atoms with van der Waals surface area (Å²) >= 11 is 0. The molecule has 1 aromatic rings. The van der Waals surface area contributed by atoms with Crippen molar-refractivity contribution in [2.45, 2.75) is 26.7 Å². The van der Waals surface area contributed by atoms with Gasteiger partial charge in [0, 0.05) is 26.2 Å². The lowest BCUT2D eigenvalue weighted by atomic mass is 10.1. The number of likely N-dealkylation sites (tertiary alicyclic amines) is 1. The molecule has 0 amide bonds. The van der Waals surface area contributed by atoms with Crippen LogP contribution < -0.4 is 15.4 Å². The normalized spacial score (nSPS) is 17.9. The van der Waals surface area contributed by atoms with Crippen LogP contribution in [0.3, 0.4) is 0 Å². The van der Waals surface area contributed by atoms with Gasteiger partial charge in [0.25, 0.3) is 0 Å². The van der Waals surface area contributed by atoms with E-state index in [-0.39, 0.29) is 24.0 Å². The number of hydrogen-bond donors (Lipinski definition) is 2. The second-order valence-electron chi connectivity index (χ2n) is 6.62. The molecule has 1 aliphatic rings. The molecule has 2 N–H and O–H groups in total. The molecule has 142 valence electrons. The van der Waals surface area contributed by atoms with Crippen molar-refractivity contribution in [1.82, 2.24) is 15.5 Å². The van der Waals surface area contributed by atoms with Crippen molar-refractivity contribution in [1.29, 1.82) is 0 Å². The van der Waals surface area contributed by atoms with Gasteiger partial charge in [-0.25, -0.2) is 0 Å². The van der Waals surface area contributed by atoms with E-state index >= 15 is 0 Å². The Labute approximate surface area is 169 Å². The van der Waals surface area contributed by atoms with Crippen LogP contribution in [0.15, 0.2) is 23.2 Å². The summed E-state index contributed by atoms with van der Waals surface area (Å²) in [5.74, 6) is 2.57. The first-order valence-electron chi connectivity index (χ1n) is 8.96. The van der Waals surface area contributed by atoms with E-state index in [2.05, 4.69) is 54.6 Å². The second-order valence-corrected chi connectivity index (χ2v) is 6.62. The molecule has 1 aromatic carbocycles. The summed E-state index contributed by atoms with van der Waals surface area (Å²) in [6.07, 6.45) is 2.20. The Morgan fingerprint density at radius 1 is 1.36 bits per heavy atom. The van der Waals surface area contributed by atoms with Crippen molar-refractivity contribution in [3.63, 3.8) is 0 Å². The van der Waals surface area contributed by atoms with Crippen molar-refractivity contribution in [3.8, 4) is 5.75 Å². The Morgan fingerprint density at radius 2 is 2.16 bits per heavy atom. The average molecular weight is 460 g/mol. The first-order chi connectivity index (χ1) is 11.6. The largest absolute Gasteiger partial charge is 0.496 e. The smallest absolute Gasteiger partial charge is 0.191 e. The van der Waals surface area contributed by atoms with E-state index < -0.39 is 0 Å². The molecule has 5 nitrogen and oxygen atoms in total. The summed E-state index contributed by atoms with van der Waals surface area (Å²) in [5.41, 5.74) is 2.45. The lowest BCUT2D eigenvalue weighted by Gasteiger charge is -2.13. The summed E-state index contributed by atoms with van der Waals surface area (Å²) < 4.78 is 5.40. The van der Waals surface area contributed by atoms with Crippen LogP contribution in [0.1, 0.15) is 24.5 Å². The molecule has 0 aliphatic carbocycles.